The van der Waals surface area contributed by atoms with Crippen LogP contribution in [0.15, 0.2) is 18.2 Å². The minimum absolute atomic E-state index is 0.118. The van der Waals surface area contributed by atoms with Crippen LogP contribution in [-0.4, -0.2) is 67.9 Å². The summed E-state index contributed by atoms with van der Waals surface area (Å²) >= 11 is 0. The van der Waals surface area contributed by atoms with Crippen LogP contribution in [-0.2, 0) is 17.6 Å². The largest absolute Gasteiger partial charge is 0.492 e. The van der Waals surface area contributed by atoms with Gasteiger partial charge in [0.15, 0.2) is 0 Å². The number of fused-ring (bicyclic) bond motifs is 1. The number of ether oxygens (including phenoxy) is 2. The van der Waals surface area contributed by atoms with Crippen LogP contribution < -0.4 is 10.1 Å². The van der Waals surface area contributed by atoms with Crippen LogP contribution in [0.4, 0.5) is 9.59 Å². The van der Waals surface area contributed by atoms with Crippen molar-refractivity contribution in [2.75, 3.05) is 45.9 Å². The van der Waals surface area contributed by atoms with Gasteiger partial charge < -0.3 is 24.6 Å². The average molecular weight is 375 g/mol. The predicted octanol–water partition coefficient (Wildman–Crippen LogP) is 2.43. The van der Waals surface area contributed by atoms with Crippen LogP contribution in [0.5, 0.6) is 5.75 Å². The fraction of sp³-hybridized carbons (Fsp3) is 0.600. The van der Waals surface area contributed by atoms with Gasteiger partial charge in [-0.3, -0.25) is 0 Å². The minimum atomic E-state index is -0.309. The molecular weight excluding hydrogens is 346 g/mol. The number of carbonyl (C=O) groups is 2. The van der Waals surface area contributed by atoms with Gasteiger partial charge in [0.25, 0.3) is 0 Å². The molecule has 2 aliphatic rings. The first kappa shape index (κ1) is 19.3. The molecule has 148 valence electrons. The Balaban J connectivity index is 1.35. The molecular formula is C20H29N3O4. The smallest absolute Gasteiger partial charge is 0.409 e. The topological polar surface area (TPSA) is 71.1 Å². The lowest BCUT2D eigenvalue weighted by Gasteiger charge is -2.33. The zero-order valence-corrected chi connectivity index (χ0v) is 16.0. The van der Waals surface area contributed by atoms with Crippen molar-refractivity contribution >= 4 is 12.1 Å². The summed E-state index contributed by atoms with van der Waals surface area (Å²) < 4.78 is 10.8. The number of nitrogens with zero attached hydrogens (tertiary/aromatic N) is 2. The van der Waals surface area contributed by atoms with E-state index >= 15 is 0 Å². The third kappa shape index (κ3) is 5.28. The molecule has 0 aromatic heterocycles. The standard InChI is InChI=1S/C20H29N3O4/c1-2-26-20(25)23-12-10-22(11-13-23)19(24)21-9-14-27-18-8-7-16-5-3-4-6-17(16)15-18/h7-8,15H,2-6,9-14H2,1H3,(H,21,24). The number of hydrogen-bond donors (Lipinski definition) is 1. The van der Waals surface area contributed by atoms with Crippen molar-refractivity contribution < 1.29 is 19.1 Å². The van der Waals surface area contributed by atoms with Crippen molar-refractivity contribution in [1.82, 2.24) is 15.1 Å². The molecule has 0 spiro atoms. The van der Waals surface area contributed by atoms with Crippen LogP contribution in [0.2, 0.25) is 0 Å². The molecule has 1 saturated heterocycles. The van der Waals surface area contributed by atoms with E-state index in [9.17, 15) is 9.59 Å². The maximum atomic E-state index is 12.2. The summed E-state index contributed by atoms with van der Waals surface area (Å²) in [5.41, 5.74) is 2.83. The Labute approximate surface area is 160 Å². The van der Waals surface area contributed by atoms with Crippen molar-refractivity contribution in [2.24, 2.45) is 0 Å². The number of benzene rings is 1. The van der Waals surface area contributed by atoms with Crippen molar-refractivity contribution in [2.45, 2.75) is 32.6 Å². The highest BCUT2D eigenvalue weighted by Gasteiger charge is 2.24. The summed E-state index contributed by atoms with van der Waals surface area (Å²) in [7, 11) is 0. The first-order valence-corrected chi connectivity index (χ1v) is 9.86. The molecule has 0 radical (unpaired) electrons. The number of urea groups is 1. The van der Waals surface area contributed by atoms with Gasteiger partial charge in [-0.05, 0) is 55.9 Å². The number of nitrogens with one attached hydrogen (secondary N) is 1. The molecule has 0 atom stereocenters. The Morgan fingerprint density at radius 3 is 2.48 bits per heavy atom. The van der Waals surface area contributed by atoms with E-state index in [2.05, 4.69) is 17.4 Å². The Hall–Kier alpha value is -2.44. The van der Waals surface area contributed by atoms with Crippen LogP contribution in [0.3, 0.4) is 0 Å². The highest BCUT2D eigenvalue weighted by Crippen LogP contribution is 2.25. The Morgan fingerprint density at radius 1 is 1.04 bits per heavy atom. The maximum absolute atomic E-state index is 12.2. The molecule has 7 heteroatoms. The second-order valence-electron chi connectivity index (χ2n) is 6.89. The van der Waals surface area contributed by atoms with Gasteiger partial charge in [-0.1, -0.05) is 6.07 Å². The lowest BCUT2D eigenvalue weighted by atomic mass is 9.92. The second kappa shape index (κ2) is 9.48. The molecule has 0 saturated carbocycles. The van der Waals surface area contributed by atoms with E-state index in [-0.39, 0.29) is 12.1 Å². The first-order chi connectivity index (χ1) is 13.2. The lowest BCUT2D eigenvalue weighted by Crippen LogP contribution is -2.53. The lowest BCUT2D eigenvalue weighted by molar-refractivity contribution is 0.0851. The van der Waals surface area contributed by atoms with E-state index in [1.807, 2.05) is 6.07 Å². The zero-order chi connectivity index (χ0) is 19.1. The van der Waals surface area contributed by atoms with Crippen molar-refractivity contribution in [3.63, 3.8) is 0 Å². The van der Waals surface area contributed by atoms with Gasteiger partial charge in [0, 0.05) is 26.2 Å². The monoisotopic (exact) mass is 375 g/mol. The van der Waals surface area contributed by atoms with E-state index in [1.165, 1.54) is 24.0 Å². The fourth-order valence-electron chi connectivity index (χ4n) is 3.55. The number of carbonyl (C=O) groups excluding carboxylic acids is 2. The van der Waals surface area contributed by atoms with E-state index in [0.29, 0.717) is 45.9 Å². The molecule has 1 heterocycles. The van der Waals surface area contributed by atoms with Gasteiger partial charge in [0.05, 0.1) is 13.2 Å². The molecule has 1 aromatic rings. The SMILES string of the molecule is CCOC(=O)N1CCN(C(=O)NCCOc2ccc3c(c2)CCCC3)CC1. The molecule has 7 nitrogen and oxygen atoms in total. The predicted molar refractivity (Wildman–Crippen MR) is 102 cm³/mol. The summed E-state index contributed by atoms with van der Waals surface area (Å²) in [5, 5.41) is 2.88. The van der Waals surface area contributed by atoms with E-state index < -0.39 is 0 Å². The molecule has 1 aliphatic carbocycles. The van der Waals surface area contributed by atoms with E-state index in [4.69, 9.17) is 9.47 Å². The van der Waals surface area contributed by atoms with Gasteiger partial charge in [0.1, 0.15) is 12.4 Å². The molecule has 1 fully saturated rings. The molecule has 0 bridgehead atoms. The summed E-state index contributed by atoms with van der Waals surface area (Å²) in [6.45, 7) is 5.06. The summed E-state index contributed by atoms with van der Waals surface area (Å²) in [4.78, 5) is 27.3. The van der Waals surface area contributed by atoms with Crippen molar-refractivity contribution in [3.05, 3.63) is 29.3 Å². The van der Waals surface area contributed by atoms with E-state index in [0.717, 1.165) is 18.6 Å². The Morgan fingerprint density at radius 2 is 1.74 bits per heavy atom. The highest BCUT2D eigenvalue weighted by atomic mass is 16.6. The molecule has 1 aromatic carbocycles. The van der Waals surface area contributed by atoms with Crippen molar-refractivity contribution in [1.29, 1.82) is 0 Å². The number of amides is 3. The molecule has 3 amide bonds. The fourth-order valence-corrected chi connectivity index (χ4v) is 3.55. The Bertz CT molecular complexity index is 657. The minimum Gasteiger partial charge on any atom is -0.492 e. The summed E-state index contributed by atoms with van der Waals surface area (Å²) in [6.07, 6.45) is 4.50. The molecule has 0 unspecified atom stereocenters. The van der Waals surface area contributed by atoms with Gasteiger partial charge in [0.2, 0.25) is 0 Å². The normalized spacial score (nSPS) is 16.5. The number of aryl methyl sites for hydroxylation is 2. The summed E-state index contributed by atoms with van der Waals surface area (Å²) in [5.74, 6) is 0.868. The molecule has 3 rings (SSSR count). The third-order valence-electron chi connectivity index (χ3n) is 5.06. The van der Waals surface area contributed by atoms with Gasteiger partial charge in [-0.15, -0.1) is 0 Å². The molecule has 1 aliphatic heterocycles. The number of piperazine rings is 1. The van der Waals surface area contributed by atoms with Gasteiger partial charge in [-0.2, -0.15) is 0 Å². The third-order valence-corrected chi connectivity index (χ3v) is 5.06. The molecule has 27 heavy (non-hydrogen) atoms. The van der Waals surface area contributed by atoms with Gasteiger partial charge in [-0.25, -0.2) is 9.59 Å². The quantitative estimate of drug-likeness (QED) is 0.803. The molecule has 1 N–H and O–H groups in total. The van der Waals surface area contributed by atoms with Crippen molar-refractivity contribution in [3.8, 4) is 5.75 Å². The highest BCUT2D eigenvalue weighted by molar-refractivity contribution is 5.75. The van der Waals surface area contributed by atoms with Gasteiger partial charge >= 0.3 is 12.1 Å². The van der Waals surface area contributed by atoms with Crippen LogP contribution >= 0.6 is 0 Å². The maximum Gasteiger partial charge on any atom is 0.409 e. The second-order valence-corrected chi connectivity index (χ2v) is 6.89. The Kier molecular flexibility index (Phi) is 6.79. The first-order valence-electron chi connectivity index (χ1n) is 9.86. The zero-order valence-electron chi connectivity index (χ0n) is 16.0. The van der Waals surface area contributed by atoms with E-state index in [1.54, 1.807) is 16.7 Å². The average Bonchev–Trinajstić information content (AvgIpc) is 2.71. The number of hydrogen-bond acceptors (Lipinski definition) is 4. The van der Waals surface area contributed by atoms with Crippen LogP contribution in [0.25, 0.3) is 0 Å². The number of rotatable bonds is 5. The summed E-state index contributed by atoms with van der Waals surface area (Å²) in [6, 6.07) is 6.18. The van der Waals surface area contributed by atoms with Crippen LogP contribution in [0.1, 0.15) is 30.9 Å². The van der Waals surface area contributed by atoms with Crippen LogP contribution in [0, 0.1) is 0 Å².